The number of nitrogens with zero attached hydrogens (tertiary/aromatic N) is 4. The molecule has 2 heterocycles. The Morgan fingerprint density at radius 1 is 1.00 bits per heavy atom. The Balaban J connectivity index is 1.82. The second-order valence-electron chi connectivity index (χ2n) is 6.11. The van der Waals surface area contributed by atoms with E-state index in [-0.39, 0.29) is 6.04 Å². The van der Waals surface area contributed by atoms with Crippen LogP contribution in [0.1, 0.15) is 11.7 Å². The highest BCUT2D eigenvalue weighted by molar-refractivity contribution is 5.63. The highest BCUT2D eigenvalue weighted by atomic mass is 16.5. The lowest BCUT2D eigenvalue weighted by Crippen LogP contribution is -2.19. The number of rotatable bonds is 7. The van der Waals surface area contributed by atoms with Crippen LogP contribution >= 0.6 is 0 Å². The summed E-state index contributed by atoms with van der Waals surface area (Å²) in [6, 6.07) is 15.9. The molecule has 1 N–H and O–H groups in total. The van der Waals surface area contributed by atoms with Gasteiger partial charge in [0.05, 0.1) is 24.0 Å². The summed E-state index contributed by atoms with van der Waals surface area (Å²) >= 11 is 0. The zero-order chi connectivity index (χ0) is 18.4. The van der Waals surface area contributed by atoms with E-state index in [9.17, 15) is 0 Å². The highest BCUT2D eigenvalue weighted by Gasteiger charge is 2.14. The summed E-state index contributed by atoms with van der Waals surface area (Å²) in [5.74, 6) is 0.548. The largest absolute Gasteiger partial charge is 0.382 e. The van der Waals surface area contributed by atoms with Gasteiger partial charge in [0.1, 0.15) is 0 Å². The molecule has 2 aromatic heterocycles. The molecule has 1 unspecified atom stereocenters. The molecule has 26 heavy (non-hydrogen) atoms. The van der Waals surface area contributed by atoms with E-state index < -0.39 is 0 Å². The molecular weight excluding hydrogens is 326 g/mol. The fourth-order valence-electron chi connectivity index (χ4n) is 2.62. The first-order chi connectivity index (χ1) is 12.7. The van der Waals surface area contributed by atoms with E-state index in [4.69, 9.17) is 4.74 Å². The van der Waals surface area contributed by atoms with E-state index >= 15 is 0 Å². The molecule has 0 aliphatic heterocycles. The van der Waals surface area contributed by atoms with Crippen molar-refractivity contribution in [3.63, 3.8) is 0 Å². The molecule has 1 atom stereocenters. The van der Waals surface area contributed by atoms with Crippen molar-refractivity contribution in [2.24, 2.45) is 0 Å². The van der Waals surface area contributed by atoms with Crippen LogP contribution in [0.25, 0.3) is 11.3 Å². The van der Waals surface area contributed by atoms with Crippen LogP contribution in [0.4, 0.5) is 11.6 Å². The van der Waals surface area contributed by atoms with Gasteiger partial charge in [-0.3, -0.25) is 4.98 Å². The van der Waals surface area contributed by atoms with E-state index in [1.807, 2.05) is 38.4 Å². The Morgan fingerprint density at radius 2 is 1.81 bits per heavy atom. The van der Waals surface area contributed by atoms with Gasteiger partial charge in [0.15, 0.2) is 0 Å². The molecule has 0 spiro atoms. The van der Waals surface area contributed by atoms with Crippen LogP contribution in [-0.2, 0) is 4.74 Å². The lowest BCUT2D eigenvalue weighted by Gasteiger charge is -2.17. The lowest BCUT2D eigenvalue weighted by molar-refractivity contribution is 0.185. The molecule has 0 aliphatic carbocycles. The highest BCUT2D eigenvalue weighted by Crippen LogP contribution is 2.22. The molecule has 0 saturated carbocycles. The van der Waals surface area contributed by atoms with Crippen LogP contribution in [0, 0.1) is 0 Å². The van der Waals surface area contributed by atoms with Crippen molar-refractivity contribution in [1.29, 1.82) is 0 Å². The Morgan fingerprint density at radius 3 is 2.46 bits per heavy atom. The van der Waals surface area contributed by atoms with Gasteiger partial charge in [0.25, 0.3) is 0 Å². The number of hydrogen-bond acceptors (Lipinski definition) is 6. The molecule has 0 aliphatic rings. The second-order valence-corrected chi connectivity index (χ2v) is 6.11. The Kier molecular flexibility index (Phi) is 5.76. The quantitative estimate of drug-likeness (QED) is 0.705. The van der Waals surface area contributed by atoms with Crippen LogP contribution in [-0.4, -0.2) is 42.8 Å². The second kappa shape index (κ2) is 8.40. The third kappa shape index (κ3) is 4.34. The van der Waals surface area contributed by atoms with E-state index in [2.05, 4.69) is 49.4 Å². The number of nitrogens with one attached hydrogen (secondary N) is 1. The molecule has 6 heteroatoms. The molecule has 0 radical (unpaired) electrons. The molecule has 0 bridgehead atoms. The summed E-state index contributed by atoms with van der Waals surface area (Å²) in [7, 11) is 5.71. The topological polar surface area (TPSA) is 63.2 Å². The SMILES string of the molecule is COCC(Nc1nccc(-c2ccc(N(C)C)cc2)n1)c1ccccn1. The van der Waals surface area contributed by atoms with Crippen LogP contribution in [0.2, 0.25) is 0 Å². The first-order valence-corrected chi connectivity index (χ1v) is 8.44. The number of aromatic nitrogens is 3. The fourth-order valence-corrected chi connectivity index (χ4v) is 2.62. The minimum Gasteiger partial charge on any atom is -0.382 e. The summed E-state index contributed by atoms with van der Waals surface area (Å²) < 4.78 is 5.32. The van der Waals surface area contributed by atoms with Crippen molar-refractivity contribution >= 4 is 11.6 Å². The molecule has 6 nitrogen and oxygen atoms in total. The maximum atomic E-state index is 5.32. The van der Waals surface area contributed by atoms with E-state index in [1.165, 1.54) is 0 Å². The molecule has 0 amide bonds. The molecule has 0 saturated heterocycles. The van der Waals surface area contributed by atoms with Crippen molar-refractivity contribution in [2.75, 3.05) is 38.0 Å². The molecule has 0 fully saturated rings. The first kappa shape index (κ1) is 17.8. The molecular formula is C20H23N5O. The van der Waals surface area contributed by atoms with Gasteiger partial charge in [-0.25, -0.2) is 9.97 Å². The van der Waals surface area contributed by atoms with Crippen LogP contribution < -0.4 is 10.2 Å². The predicted molar refractivity (Wildman–Crippen MR) is 104 cm³/mol. The van der Waals surface area contributed by atoms with Gasteiger partial charge in [-0.1, -0.05) is 18.2 Å². The maximum Gasteiger partial charge on any atom is 0.223 e. The predicted octanol–water partition coefficient (Wildman–Crippen LogP) is 3.40. The van der Waals surface area contributed by atoms with Crippen molar-refractivity contribution in [3.8, 4) is 11.3 Å². The summed E-state index contributed by atoms with van der Waals surface area (Å²) in [4.78, 5) is 15.5. The van der Waals surface area contributed by atoms with Gasteiger partial charge in [-0.15, -0.1) is 0 Å². The molecule has 3 rings (SSSR count). The van der Waals surface area contributed by atoms with E-state index in [0.29, 0.717) is 12.6 Å². The van der Waals surface area contributed by atoms with Gasteiger partial charge in [0.2, 0.25) is 5.95 Å². The molecule has 3 aromatic rings. The average Bonchev–Trinajstić information content (AvgIpc) is 2.69. The molecule has 134 valence electrons. The monoisotopic (exact) mass is 349 g/mol. The Bertz CT molecular complexity index is 821. The van der Waals surface area contributed by atoms with Gasteiger partial charge < -0.3 is 15.0 Å². The molecule has 1 aromatic carbocycles. The standard InChI is InChI=1S/C20H23N5O/c1-25(2)16-9-7-15(8-10-16)17-11-13-22-20(23-17)24-19(14-26-3)18-6-4-5-12-21-18/h4-13,19H,14H2,1-3H3,(H,22,23,24). The lowest BCUT2D eigenvalue weighted by atomic mass is 10.1. The van der Waals surface area contributed by atoms with Crippen LogP contribution in [0.3, 0.4) is 0 Å². The summed E-state index contributed by atoms with van der Waals surface area (Å²) in [5, 5.41) is 3.32. The zero-order valence-corrected chi connectivity index (χ0v) is 15.3. The third-order valence-corrected chi connectivity index (χ3v) is 4.02. The normalized spacial score (nSPS) is 11.8. The number of methoxy groups -OCH3 is 1. The summed E-state index contributed by atoms with van der Waals surface area (Å²) in [5.41, 5.74) is 3.95. The van der Waals surface area contributed by atoms with Crippen LogP contribution in [0.5, 0.6) is 0 Å². The summed E-state index contributed by atoms with van der Waals surface area (Å²) in [6.45, 7) is 0.474. The van der Waals surface area contributed by atoms with Gasteiger partial charge >= 0.3 is 0 Å². The Labute approximate surface area is 153 Å². The zero-order valence-electron chi connectivity index (χ0n) is 15.3. The Hall–Kier alpha value is -2.99. The van der Waals surface area contributed by atoms with E-state index in [0.717, 1.165) is 22.6 Å². The first-order valence-electron chi connectivity index (χ1n) is 8.44. The van der Waals surface area contributed by atoms with Crippen molar-refractivity contribution in [3.05, 3.63) is 66.6 Å². The minimum atomic E-state index is -0.118. The number of pyridine rings is 1. The third-order valence-electron chi connectivity index (χ3n) is 4.02. The smallest absolute Gasteiger partial charge is 0.223 e. The average molecular weight is 349 g/mol. The maximum absolute atomic E-state index is 5.32. The van der Waals surface area contributed by atoms with Crippen molar-refractivity contribution in [2.45, 2.75) is 6.04 Å². The number of ether oxygens (including phenoxy) is 1. The van der Waals surface area contributed by atoms with Gasteiger partial charge in [-0.05, 0) is 30.3 Å². The van der Waals surface area contributed by atoms with Gasteiger partial charge in [-0.2, -0.15) is 0 Å². The van der Waals surface area contributed by atoms with Crippen LogP contribution in [0.15, 0.2) is 60.9 Å². The number of hydrogen-bond donors (Lipinski definition) is 1. The summed E-state index contributed by atoms with van der Waals surface area (Å²) in [6.07, 6.45) is 3.52. The number of anilines is 2. The van der Waals surface area contributed by atoms with E-state index in [1.54, 1.807) is 19.5 Å². The van der Waals surface area contributed by atoms with Crippen molar-refractivity contribution in [1.82, 2.24) is 15.0 Å². The number of benzene rings is 1. The minimum absolute atomic E-state index is 0.118. The fraction of sp³-hybridized carbons (Fsp3) is 0.250. The van der Waals surface area contributed by atoms with Gasteiger partial charge in [0, 0.05) is 44.8 Å². The van der Waals surface area contributed by atoms with Crippen molar-refractivity contribution < 1.29 is 4.74 Å².